The summed E-state index contributed by atoms with van der Waals surface area (Å²) in [6.45, 7) is 1.39. The molecule has 0 saturated heterocycles. The average Bonchev–Trinajstić information content (AvgIpc) is 2.92. The van der Waals surface area contributed by atoms with Crippen molar-refractivity contribution in [3.8, 4) is 5.75 Å². The van der Waals surface area contributed by atoms with Crippen molar-refractivity contribution in [2.24, 2.45) is 0 Å². The number of hydrogen-bond donors (Lipinski definition) is 2. The van der Waals surface area contributed by atoms with E-state index in [4.69, 9.17) is 4.74 Å². The van der Waals surface area contributed by atoms with E-state index < -0.39 is 0 Å². The molecule has 0 aliphatic heterocycles. The molecule has 0 spiro atoms. The van der Waals surface area contributed by atoms with Gasteiger partial charge in [0.15, 0.2) is 0 Å². The Labute approximate surface area is 161 Å². The number of para-hydroxylation sites is 1. The maximum Gasteiger partial charge on any atom is 0.221 e. The van der Waals surface area contributed by atoms with Gasteiger partial charge >= 0.3 is 0 Å². The van der Waals surface area contributed by atoms with E-state index in [1.807, 2.05) is 24.3 Å². The summed E-state index contributed by atoms with van der Waals surface area (Å²) in [4.78, 5) is 27.8. The van der Waals surface area contributed by atoms with Gasteiger partial charge in [-0.1, -0.05) is 18.2 Å². The zero-order chi connectivity index (χ0) is 18.1. The fourth-order valence-electron chi connectivity index (χ4n) is 2.59. The first-order chi connectivity index (χ1) is 11.9. The molecule has 0 aliphatic rings. The Morgan fingerprint density at radius 2 is 1.88 bits per heavy atom. The fourth-order valence-corrected chi connectivity index (χ4v) is 3.72. The summed E-state index contributed by atoms with van der Waals surface area (Å²) < 4.78 is 6.57. The van der Waals surface area contributed by atoms with Crippen LogP contribution in [0.1, 0.15) is 23.0 Å². The molecule has 1 aromatic heterocycles. The van der Waals surface area contributed by atoms with E-state index >= 15 is 0 Å². The lowest BCUT2D eigenvalue weighted by atomic mass is 10.1. The first kappa shape index (κ1) is 17.7. The summed E-state index contributed by atoms with van der Waals surface area (Å²) in [6.07, 6.45) is 0. The Bertz CT molecular complexity index is 995. The van der Waals surface area contributed by atoms with Gasteiger partial charge in [-0.3, -0.25) is 9.59 Å². The van der Waals surface area contributed by atoms with Crippen LogP contribution in [0.15, 0.2) is 45.3 Å². The van der Waals surface area contributed by atoms with Gasteiger partial charge in [-0.05, 0) is 44.0 Å². The average molecular weight is 466 g/mol. The van der Waals surface area contributed by atoms with Gasteiger partial charge in [0, 0.05) is 29.5 Å². The molecule has 0 radical (unpaired) electrons. The van der Waals surface area contributed by atoms with Crippen molar-refractivity contribution < 1.29 is 14.3 Å². The topological polar surface area (TPSA) is 71.2 Å². The molecule has 128 valence electrons. The Balaban J connectivity index is 2.16. The Morgan fingerprint density at radius 1 is 1.16 bits per heavy atom. The van der Waals surface area contributed by atoms with Gasteiger partial charge in [0.2, 0.25) is 11.7 Å². The number of benzene rings is 2. The number of nitrogens with one attached hydrogen (secondary N) is 2. The summed E-state index contributed by atoms with van der Waals surface area (Å²) in [5, 5.41) is 3.61. The largest absolute Gasteiger partial charge is 0.495 e. The maximum atomic E-state index is 13.1. The molecule has 0 saturated carbocycles. The number of ether oxygens (including phenoxy) is 1. The summed E-state index contributed by atoms with van der Waals surface area (Å²) >= 11 is 6.89. The van der Waals surface area contributed by atoms with Crippen LogP contribution in [0.4, 0.5) is 5.69 Å². The van der Waals surface area contributed by atoms with Crippen LogP contribution in [0.25, 0.3) is 10.9 Å². The molecule has 0 unspecified atom stereocenters. The van der Waals surface area contributed by atoms with Crippen LogP contribution in [-0.4, -0.2) is 23.8 Å². The molecule has 0 fully saturated rings. The lowest BCUT2D eigenvalue weighted by molar-refractivity contribution is -0.114. The molecule has 5 nitrogen and oxygen atoms in total. The van der Waals surface area contributed by atoms with Crippen molar-refractivity contribution in [2.45, 2.75) is 6.92 Å². The van der Waals surface area contributed by atoms with E-state index in [2.05, 4.69) is 42.2 Å². The minimum Gasteiger partial charge on any atom is -0.495 e. The molecule has 7 heteroatoms. The zero-order valence-corrected chi connectivity index (χ0v) is 16.6. The molecule has 0 aliphatic carbocycles. The Morgan fingerprint density at radius 3 is 2.52 bits per heavy atom. The number of hydrogen-bond acceptors (Lipinski definition) is 3. The normalized spacial score (nSPS) is 10.7. The first-order valence-electron chi connectivity index (χ1n) is 7.38. The number of methoxy groups -OCH3 is 1. The van der Waals surface area contributed by atoms with Crippen molar-refractivity contribution >= 4 is 60.1 Å². The number of rotatable bonds is 4. The highest BCUT2D eigenvalue weighted by Crippen LogP contribution is 2.35. The summed E-state index contributed by atoms with van der Waals surface area (Å²) in [6, 6.07) is 10.9. The van der Waals surface area contributed by atoms with Crippen molar-refractivity contribution in [3.05, 3.63) is 56.6 Å². The lowest BCUT2D eigenvalue weighted by Crippen LogP contribution is -2.12. The Hall–Kier alpha value is -2.12. The summed E-state index contributed by atoms with van der Waals surface area (Å²) in [5.41, 5.74) is 2.02. The van der Waals surface area contributed by atoms with Gasteiger partial charge in [-0.2, -0.15) is 0 Å². The monoisotopic (exact) mass is 464 g/mol. The van der Waals surface area contributed by atoms with Crippen LogP contribution in [0.5, 0.6) is 5.75 Å². The molecule has 1 heterocycles. The van der Waals surface area contributed by atoms with Crippen LogP contribution in [-0.2, 0) is 4.79 Å². The van der Waals surface area contributed by atoms with Crippen LogP contribution in [0.2, 0.25) is 0 Å². The highest BCUT2D eigenvalue weighted by atomic mass is 79.9. The SMILES string of the molecule is COc1cc(NC(C)=O)c(C(=O)c2[nH]c3ccccc3c2Br)cc1Br. The third-order valence-corrected chi connectivity index (χ3v) is 5.16. The molecule has 3 rings (SSSR count). The molecular weight excluding hydrogens is 452 g/mol. The molecular formula is C18H14Br2N2O3. The number of ketones is 1. The van der Waals surface area contributed by atoms with Gasteiger partial charge in [0.1, 0.15) is 11.4 Å². The number of fused-ring (bicyclic) bond motifs is 1. The number of amides is 1. The maximum absolute atomic E-state index is 13.1. The molecule has 1 amide bonds. The van der Waals surface area contributed by atoms with Gasteiger partial charge in [-0.25, -0.2) is 0 Å². The highest BCUT2D eigenvalue weighted by Gasteiger charge is 2.22. The van der Waals surface area contributed by atoms with Crippen LogP contribution >= 0.6 is 31.9 Å². The first-order valence-corrected chi connectivity index (χ1v) is 8.97. The third-order valence-electron chi connectivity index (χ3n) is 3.72. The van der Waals surface area contributed by atoms with Crippen LogP contribution < -0.4 is 10.1 Å². The van der Waals surface area contributed by atoms with Crippen molar-refractivity contribution in [1.82, 2.24) is 4.98 Å². The van der Waals surface area contributed by atoms with Crippen molar-refractivity contribution in [2.75, 3.05) is 12.4 Å². The van der Waals surface area contributed by atoms with Crippen molar-refractivity contribution in [1.29, 1.82) is 0 Å². The van der Waals surface area contributed by atoms with E-state index in [-0.39, 0.29) is 11.7 Å². The van der Waals surface area contributed by atoms with E-state index in [0.29, 0.717) is 31.6 Å². The molecule has 25 heavy (non-hydrogen) atoms. The molecule has 0 bridgehead atoms. The second kappa shape index (κ2) is 7.01. The third kappa shape index (κ3) is 3.34. The summed E-state index contributed by atoms with van der Waals surface area (Å²) in [7, 11) is 1.52. The number of aromatic amines is 1. The quantitative estimate of drug-likeness (QED) is 0.539. The summed E-state index contributed by atoms with van der Waals surface area (Å²) in [5.74, 6) is 0.0142. The standard InChI is InChI=1S/C18H14Br2N2O3/c1-9(23)21-14-8-15(25-2)12(19)7-11(14)18(24)17-16(20)10-5-3-4-6-13(10)22-17/h3-8,22H,1-2H3,(H,21,23). The van der Waals surface area contributed by atoms with Gasteiger partial charge in [-0.15, -0.1) is 0 Å². The van der Waals surface area contributed by atoms with Crippen molar-refractivity contribution in [3.63, 3.8) is 0 Å². The second-order valence-electron chi connectivity index (χ2n) is 5.40. The number of halogens is 2. The number of H-pyrrole nitrogens is 1. The molecule has 0 atom stereocenters. The number of carbonyl (C=O) groups excluding carboxylic acids is 2. The minimum atomic E-state index is -0.269. The lowest BCUT2D eigenvalue weighted by Gasteiger charge is -2.12. The Kier molecular flexibility index (Phi) is 4.96. The van der Waals surface area contributed by atoms with Crippen LogP contribution in [0, 0.1) is 0 Å². The fraction of sp³-hybridized carbons (Fsp3) is 0.111. The zero-order valence-electron chi connectivity index (χ0n) is 13.4. The number of aromatic nitrogens is 1. The van der Waals surface area contributed by atoms with Gasteiger partial charge in [0.05, 0.1) is 21.7 Å². The molecule has 3 aromatic rings. The van der Waals surface area contributed by atoms with E-state index in [1.54, 1.807) is 12.1 Å². The van der Waals surface area contributed by atoms with Gasteiger partial charge in [0.25, 0.3) is 0 Å². The van der Waals surface area contributed by atoms with E-state index in [1.165, 1.54) is 14.0 Å². The predicted molar refractivity (Wildman–Crippen MR) is 104 cm³/mol. The number of carbonyl (C=O) groups is 2. The molecule has 2 aromatic carbocycles. The highest BCUT2D eigenvalue weighted by molar-refractivity contribution is 9.11. The smallest absolute Gasteiger partial charge is 0.221 e. The minimum absolute atomic E-state index is 0.241. The molecule has 2 N–H and O–H groups in total. The second-order valence-corrected chi connectivity index (χ2v) is 7.05. The van der Waals surface area contributed by atoms with E-state index in [0.717, 1.165) is 10.9 Å². The van der Waals surface area contributed by atoms with Gasteiger partial charge < -0.3 is 15.0 Å². The predicted octanol–water partition coefficient (Wildman–Crippen LogP) is 4.89. The number of anilines is 1. The van der Waals surface area contributed by atoms with Crippen LogP contribution in [0.3, 0.4) is 0 Å². The van der Waals surface area contributed by atoms with E-state index in [9.17, 15) is 9.59 Å².